The van der Waals surface area contributed by atoms with Gasteiger partial charge in [0.15, 0.2) is 0 Å². The van der Waals surface area contributed by atoms with E-state index < -0.39 is 0 Å². The maximum absolute atomic E-state index is 4.12. The van der Waals surface area contributed by atoms with E-state index in [9.17, 15) is 0 Å². The zero-order valence-corrected chi connectivity index (χ0v) is 11.3. The maximum Gasteiger partial charge on any atom is 0.105 e. The van der Waals surface area contributed by atoms with Gasteiger partial charge in [-0.15, -0.1) is 0 Å². The Morgan fingerprint density at radius 2 is 2.19 bits per heavy atom. The van der Waals surface area contributed by atoms with E-state index in [0.29, 0.717) is 0 Å². The maximum atomic E-state index is 4.12. The molecule has 1 aromatic heterocycles. The van der Waals surface area contributed by atoms with Crippen LogP contribution in [0.2, 0.25) is 0 Å². The fourth-order valence-electron chi connectivity index (χ4n) is 2.70. The van der Waals surface area contributed by atoms with Gasteiger partial charge < -0.3 is 0 Å². The van der Waals surface area contributed by atoms with Gasteiger partial charge >= 0.3 is 0 Å². The Hall–Kier alpha value is -0.440. The molecule has 16 heavy (non-hydrogen) atoms. The van der Waals surface area contributed by atoms with Crippen molar-refractivity contribution in [2.75, 3.05) is 0 Å². The molecule has 1 aliphatic carbocycles. The van der Waals surface area contributed by atoms with E-state index in [1.165, 1.54) is 19.3 Å². The van der Waals surface area contributed by atoms with Crippen molar-refractivity contribution < 1.29 is 0 Å². The zero-order valence-electron chi connectivity index (χ0n) is 10.5. The standard InChI is InChI=1S/C13H22N2S/c1-10(2)12-5-4-11(3)8-13(12)16-15-7-6-14-9-15/h6-7,9-13H,4-5,8H2,1-3H3. The van der Waals surface area contributed by atoms with Gasteiger partial charge in [0.25, 0.3) is 0 Å². The van der Waals surface area contributed by atoms with Gasteiger partial charge in [0.2, 0.25) is 0 Å². The molecule has 2 nitrogen and oxygen atoms in total. The smallest absolute Gasteiger partial charge is 0.105 e. The summed E-state index contributed by atoms with van der Waals surface area (Å²) in [5.74, 6) is 2.55. The lowest BCUT2D eigenvalue weighted by molar-refractivity contribution is 0.244. The van der Waals surface area contributed by atoms with Crippen molar-refractivity contribution in [3.8, 4) is 0 Å². The number of aromatic nitrogens is 2. The normalized spacial score (nSPS) is 30.9. The summed E-state index contributed by atoms with van der Waals surface area (Å²) in [6.07, 6.45) is 9.99. The third-order valence-electron chi connectivity index (χ3n) is 3.70. The third kappa shape index (κ3) is 2.82. The van der Waals surface area contributed by atoms with Gasteiger partial charge in [-0.3, -0.25) is 3.97 Å². The van der Waals surface area contributed by atoms with Gasteiger partial charge in [-0.1, -0.05) is 27.2 Å². The molecule has 0 spiro atoms. The highest BCUT2D eigenvalue weighted by Gasteiger charge is 2.31. The van der Waals surface area contributed by atoms with Crippen LogP contribution in [-0.2, 0) is 0 Å². The van der Waals surface area contributed by atoms with Gasteiger partial charge in [0.1, 0.15) is 6.33 Å². The molecule has 1 saturated carbocycles. The summed E-state index contributed by atoms with van der Waals surface area (Å²) in [6.45, 7) is 7.11. The minimum absolute atomic E-state index is 0.762. The van der Waals surface area contributed by atoms with Crippen LogP contribution in [0, 0.1) is 17.8 Å². The van der Waals surface area contributed by atoms with Gasteiger partial charge in [0.05, 0.1) is 0 Å². The van der Waals surface area contributed by atoms with Crippen molar-refractivity contribution in [3.05, 3.63) is 18.7 Å². The predicted molar refractivity (Wildman–Crippen MR) is 70.3 cm³/mol. The number of nitrogens with zero attached hydrogens (tertiary/aromatic N) is 2. The van der Waals surface area contributed by atoms with Crippen molar-refractivity contribution in [2.24, 2.45) is 17.8 Å². The Morgan fingerprint density at radius 1 is 1.38 bits per heavy atom. The molecule has 1 aromatic rings. The highest BCUT2D eigenvalue weighted by molar-refractivity contribution is 7.98. The first-order chi connectivity index (χ1) is 7.66. The lowest BCUT2D eigenvalue weighted by Gasteiger charge is -2.36. The molecule has 0 bridgehead atoms. The summed E-state index contributed by atoms with van der Waals surface area (Å²) in [4.78, 5) is 4.12. The first kappa shape index (κ1) is 12.0. The second-order valence-electron chi connectivity index (χ2n) is 5.39. The zero-order chi connectivity index (χ0) is 11.5. The minimum Gasteiger partial charge on any atom is -0.280 e. The molecule has 0 amide bonds. The molecule has 0 radical (unpaired) electrons. The van der Waals surface area contributed by atoms with Crippen molar-refractivity contribution in [2.45, 2.75) is 45.3 Å². The summed E-state index contributed by atoms with van der Waals surface area (Å²) in [7, 11) is 0. The molecule has 0 aromatic carbocycles. The molecular formula is C13H22N2S. The van der Waals surface area contributed by atoms with Crippen LogP contribution in [0.15, 0.2) is 18.7 Å². The second kappa shape index (κ2) is 5.26. The molecule has 3 heteroatoms. The summed E-state index contributed by atoms with van der Waals surface area (Å²) in [5.41, 5.74) is 0. The Bertz CT molecular complexity index is 308. The van der Waals surface area contributed by atoms with Crippen LogP contribution < -0.4 is 0 Å². The van der Waals surface area contributed by atoms with Gasteiger partial charge in [0, 0.05) is 17.6 Å². The average Bonchev–Trinajstić information content (AvgIpc) is 2.70. The van der Waals surface area contributed by atoms with Crippen molar-refractivity contribution in [1.82, 2.24) is 8.96 Å². The topological polar surface area (TPSA) is 17.8 Å². The van der Waals surface area contributed by atoms with Gasteiger partial charge in [-0.05, 0) is 42.5 Å². The molecule has 1 fully saturated rings. The molecule has 0 aliphatic heterocycles. The fourth-order valence-corrected chi connectivity index (χ4v) is 4.27. The average molecular weight is 238 g/mol. The summed E-state index contributed by atoms with van der Waals surface area (Å²) in [6, 6.07) is 0. The van der Waals surface area contributed by atoms with Crippen molar-refractivity contribution in [3.63, 3.8) is 0 Å². The Kier molecular flexibility index (Phi) is 3.95. The molecule has 1 aliphatic rings. The van der Waals surface area contributed by atoms with E-state index in [1.54, 1.807) is 0 Å². The predicted octanol–water partition coefficient (Wildman–Crippen LogP) is 3.84. The quantitative estimate of drug-likeness (QED) is 0.796. The molecule has 0 saturated heterocycles. The van der Waals surface area contributed by atoms with E-state index in [2.05, 4.69) is 35.9 Å². The minimum atomic E-state index is 0.762. The largest absolute Gasteiger partial charge is 0.280 e. The molecular weight excluding hydrogens is 216 g/mol. The molecule has 2 rings (SSSR count). The lowest BCUT2D eigenvalue weighted by atomic mass is 9.77. The van der Waals surface area contributed by atoms with Crippen LogP contribution in [0.4, 0.5) is 0 Å². The van der Waals surface area contributed by atoms with Crippen LogP contribution >= 0.6 is 11.9 Å². The summed E-state index contributed by atoms with van der Waals surface area (Å²) in [5, 5.41) is 0.762. The summed E-state index contributed by atoms with van der Waals surface area (Å²) >= 11 is 1.97. The van der Waals surface area contributed by atoms with Gasteiger partial charge in [-0.2, -0.15) is 0 Å². The monoisotopic (exact) mass is 238 g/mol. The molecule has 3 atom stereocenters. The first-order valence-corrected chi connectivity index (χ1v) is 7.15. The second-order valence-corrected chi connectivity index (χ2v) is 6.63. The molecule has 1 heterocycles. The Labute approximate surface area is 103 Å². The van der Waals surface area contributed by atoms with Crippen LogP contribution in [0.3, 0.4) is 0 Å². The first-order valence-electron chi connectivity index (χ1n) is 6.32. The van der Waals surface area contributed by atoms with E-state index >= 15 is 0 Å². The molecule has 0 N–H and O–H groups in total. The van der Waals surface area contributed by atoms with E-state index in [1.807, 2.05) is 24.5 Å². The number of rotatable bonds is 3. The number of imidazole rings is 1. The van der Waals surface area contributed by atoms with Crippen LogP contribution in [0.1, 0.15) is 40.0 Å². The third-order valence-corrected chi connectivity index (χ3v) is 4.97. The van der Waals surface area contributed by atoms with Crippen LogP contribution in [-0.4, -0.2) is 14.2 Å². The van der Waals surface area contributed by atoms with Crippen LogP contribution in [0.5, 0.6) is 0 Å². The van der Waals surface area contributed by atoms with E-state index in [4.69, 9.17) is 0 Å². The lowest BCUT2D eigenvalue weighted by Crippen LogP contribution is -2.30. The van der Waals surface area contributed by atoms with E-state index in [-0.39, 0.29) is 0 Å². The Morgan fingerprint density at radius 3 is 2.81 bits per heavy atom. The fraction of sp³-hybridized carbons (Fsp3) is 0.769. The van der Waals surface area contributed by atoms with Crippen molar-refractivity contribution in [1.29, 1.82) is 0 Å². The summed E-state index contributed by atoms with van der Waals surface area (Å²) < 4.78 is 2.16. The van der Waals surface area contributed by atoms with Gasteiger partial charge in [-0.25, -0.2) is 4.98 Å². The Balaban J connectivity index is 2.02. The SMILES string of the molecule is CC1CCC(C(C)C)C(Sn2ccnc2)C1. The number of hydrogen-bond acceptors (Lipinski definition) is 2. The molecule has 90 valence electrons. The van der Waals surface area contributed by atoms with Crippen molar-refractivity contribution >= 4 is 11.9 Å². The highest BCUT2D eigenvalue weighted by Crippen LogP contribution is 2.40. The highest BCUT2D eigenvalue weighted by atomic mass is 32.2. The van der Waals surface area contributed by atoms with E-state index in [0.717, 1.165) is 23.0 Å². The molecule has 3 unspecified atom stereocenters. The van der Waals surface area contributed by atoms with Crippen LogP contribution in [0.25, 0.3) is 0 Å². The number of hydrogen-bond donors (Lipinski definition) is 0.